The molecular weight excluding hydrogens is 204 g/mol. The highest BCUT2D eigenvalue weighted by molar-refractivity contribution is 8.00. The maximum absolute atomic E-state index is 13.3. The van der Waals surface area contributed by atoms with Crippen molar-refractivity contribution in [1.29, 1.82) is 0 Å². The fourth-order valence-electron chi connectivity index (χ4n) is 1.44. The van der Waals surface area contributed by atoms with Gasteiger partial charge in [0.1, 0.15) is 11.6 Å². The monoisotopic (exact) mass is 215 g/mol. The summed E-state index contributed by atoms with van der Waals surface area (Å²) in [7, 11) is 0. The minimum Gasteiger partial charge on any atom is -0.380 e. The van der Waals surface area contributed by atoms with Gasteiger partial charge in [-0.15, -0.1) is 11.8 Å². The van der Waals surface area contributed by atoms with Crippen molar-refractivity contribution in [1.82, 2.24) is 0 Å². The van der Waals surface area contributed by atoms with Crippen LogP contribution in [0.15, 0.2) is 17.0 Å². The minimum absolute atomic E-state index is 0.0206. The number of fused-ring (bicyclic) bond motifs is 1. The molecule has 0 atom stereocenters. The lowest BCUT2D eigenvalue weighted by atomic mass is 10.2. The number of nitrogens with one attached hydrogen (secondary N) is 1. The fraction of sp³-hybridized carbons (Fsp3) is 0.400. The Balaban J connectivity index is 2.47. The summed E-state index contributed by atoms with van der Waals surface area (Å²) in [5.74, 6) is -1.03. The molecule has 1 N–H and O–H groups in total. The van der Waals surface area contributed by atoms with Crippen molar-refractivity contribution in [3.63, 3.8) is 0 Å². The van der Waals surface area contributed by atoms with E-state index in [2.05, 4.69) is 5.32 Å². The average Bonchev–Trinajstić information content (AvgIpc) is 2.00. The largest absolute Gasteiger partial charge is 0.380 e. The van der Waals surface area contributed by atoms with Crippen molar-refractivity contribution < 1.29 is 8.78 Å². The highest BCUT2D eigenvalue weighted by Crippen LogP contribution is 2.42. The number of hydrogen-bond acceptors (Lipinski definition) is 2. The van der Waals surface area contributed by atoms with Crippen LogP contribution in [0.25, 0.3) is 0 Å². The van der Waals surface area contributed by atoms with Gasteiger partial charge < -0.3 is 5.32 Å². The van der Waals surface area contributed by atoms with Gasteiger partial charge in [-0.05, 0) is 19.9 Å². The van der Waals surface area contributed by atoms with Gasteiger partial charge in [0.2, 0.25) is 0 Å². The van der Waals surface area contributed by atoms with E-state index in [1.807, 2.05) is 13.8 Å². The maximum Gasteiger partial charge on any atom is 0.150 e. The summed E-state index contributed by atoms with van der Waals surface area (Å²) in [6.45, 7) is 4.76. The van der Waals surface area contributed by atoms with Gasteiger partial charge in [0.25, 0.3) is 0 Å². The number of rotatable bonds is 0. The summed E-state index contributed by atoms with van der Waals surface area (Å²) in [5, 5.41) is 2.99. The molecule has 2 rings (SSSR count). The third-order valence-electron chi connectivity index (χ3n) is 2.10. The lowest BCUT2D eigenvalue weighted by Gasteiger charge is -2.31. The van der Waals surface area contributed by atoms with Gasteiger partial charge >= 0.3 is 0 Å². The van der Waals surface area contributed by atoms with E-state index in [1.165, 1.54) is 17.8 Å². The molecule has 0 aliphatic carbocycles. The van der Waals surface area contributed by atoms with E-state index in [-0.39, 0.29) is 4.75 Å². The van der Waals surface area contributed by atoms with Crippen LogP contribution in [0.2, 0.25) is 0 Å². The summed E-state index contributed by atoms with van der Waals surface area (Å²) in [5.41, 5.74) is 0.427. The van der Waals surface area contributed by atoms with Crippen LogP contribution >= 0.6 is 11.8 Å². The number of thioether (sulfide) groups is 1. The van der Waals surface area contributed by atoms with Crippen LogP contribution in [0.4, 0.5) is 14.5 Å². The second-order valence-electron chi connectivity index (χ2n) is 3.98. The van der Waals surface area contributed by atoms with Gasteiger partial charge in [-0.1, -0.05) is 0 Å². The van der Waals surface area contributed by atoms with Gasteiger partial charge in [-0.25, -0.2) is 8.78 Å². The third-order valence-corrected chi connectivity index (χ3v) is 3.33. The van der Waals surface area contributed by atoms with Crippen molar-refractivity contribution in [2.45, 2.75) is 23.5 Å². The summed E-state index contributed by atoms with van der Waals surface area (Å²) in [6, 6.07) is 2.28. The predicted octanol–water partition coefficient (Wildman–Crippen LogP) is 3.26. The van der Waals surface area contributed by atoms with E-state index in [1.54, 1.807) is 0 Å². The van der Waals surface area contributed by atoms with Crippen LogP contribution < -0.4 is 5.32 Å². The van der Waals surface area contributed by atoms with E-state index in [0.717, 1.165) is 6.07 Å². The molecule has 1 nitrogen and oxygen atoms in total. The highest BCUT2D eigenvalue weighted by atomic mass is 32.2. The number of anilines is 1. The second-order valence-corrected chi connectivity index (χ2v) is 5.73. The summed E-state index contributed by atoms with van der Waals surface area (Å²) >= 11 is 1.50. The molecule has 76 valence electrons. The van der Waals surface area contributed by atoms with E-state index in [0.29, 0.717) is 17.1 Å². The van der Waals surface area contributed by atoms with Crippen LogP contribution in [-0.2, 0) is 0 Å². The first-order chi connectivity index (χ1) is 6.48. The molecule has 14 heavy (non-hydrogen) atoms. The Kier molecular flexibility index (Phi) is 2.18. The first-order valence-electron chi connectivity index (χ1n) is 4.40. The molecule has 0 unspecified atom stereocenters. The summed E-state index contributed by atoms with van der Waals surface area (Å²) < 4.78 is 26.2. The van der Waals surface area contributed by atoms with E-state index in [9.17, 15) is 8.78 Å². The summed E-state index contributed by atoms with van der Waals surface area (Å²) in [6.07, 6.45) is 0. The topological polar surface area (TPSA) is 12.0 Å². The zero-order valence-corrected chi connectivity index (χ0v) is 8.84. The second kappa shape index (κ2) is 3.12. The SMILES string of the molecule is CC1(C)CNc2c(F)cc(F)cc2S1. The van der Waals surface area contributed by atoms with Crippen LogP contribution in [-0.4, -0.2) is 11.3 Å². The van der Waals surface area contributed by atoms with Gasteiger partial charge in [0.05, 0.1) is 5.69 Å². The molecule has 0 saturated heterocycles. The Morgan fingerprint density at radius 1 is 1.36 bits per heavy atom. The Morgan fingerprint density at radius 3 is 2.79 bits per heavy atom. The quantitative estimate of drug-likeness (QED) is 0.713. The lowest BCUT2D eigenvalue weighted by Crippen LogP contribution is -2.30. The van der Waals surface area contributed by atoms with Crippen LogP contribution in [0.1, 0.15) is 13.8 Å². The number of benzene rings is 1. The van der Waals surface area contributed by atoms with Gasteiger partial charge in [-0.3, -0.25) is 0 Å². The molecule has 1 aliphatic heterocycles. The number of halogens is 2. The molecule has 1 heterocycles. The fourth-order valence-corrected chi connectivity index (χ4v) is 2.62. The van der Waals surface area contributed by atoms with Crippen LogP contribution in [0.3, 0.4) is 0 Å². The van der Waals surface area contributed by atoms with Crippen molar-refractivity contribution in [3.8, 4) is 0 Å². The minimum atomic E-state index is -0.520. The van der Waals surface area contributed by atoms with E-state index in [4.69, 9.17) is 0 Å². The molecule has 1 aliphatic rings. The molecule has 4 heteroatoms. The molecule has 1 aromatic carbocycles. The zero-order chi connectivity index (χ0) is 10.3. The number of hydrogen-bond donors (Lipinski definition) is 1. The molecule has 0 spiro atoms. The maximum atomic E-state index is 13.3. The lowest BCUT2D eigenvalue weighted by molar-refractivity contribution is 0.576. The molecular formula is C10H11F2NS. The van der Waals surface area contributed by atoms with Gasteiger partial charge in [-0.2, -0.15) is 0 Å². The molecule has 0 amide bonds. The molecule has 0 saturated carbocycles. The Hall–Kier alpha value is -0.770. The molecule has 1 aromatic rings. The predicted molar refractivity (Wildman–Crippen MR) is 54.8 cm³/mol. The Bertz CT molecular complexity index is 377. The van der Waals surface area contributed by atoms with Crippen molar-refractivity contribution in [2.75, 3.05) is 11.9 Å². The third kappa shape index (κ3) is 1.71. The van der Waals surface area contributed by atoms with E-state index < -0.39 is 11.6 Å². The highest BCUT2D eigenvalue weighted by Gasteiger charge is 2.27. The van der Waals surface area contributed by atoms with Crippen LogP contribution in [0, 0.1) is 11.6 Å². The molecule has 0 fully saturated rings. The van der Waals surface area contributed by atoms with Gasteiger partial charge in [0, 0.05) is 22.3 Å². The zero-order valence-electron chi connectivity index (χ0n) is 8.03. The average molecular weight is 215 g/mol. The Labute approximate surface area is 85.9 Å². The smallest absolute Gasteiger partial charge is 0.150 e. The van der Waals surface area contributed by atoms with Crippen LogP contribution in [0.5, 0.6) is 0 Å². The van der Waals surface area contributed by atoms with Crippen molar-refractivity contribution in [2.24, 2.45) is 0 Å². The first-order valence-corrected chi connectivity index (χ1v) is 5.21. The normalized spacial score (nSPS) is 18.6. The Morgan fingerprint density at radius 2 is 2.07 bits per heavy atom. The first kappa shape index (κ1) is 9.77. The summed E-state index contributed by atoms with van der Waals surface area (Å²) in [4.78, 5) is 0.652. The molecule has 0 aromatic heterocycles. The van der Waals surface area contributed by atoms with Crippen molar-refractivity contribution >= 4 is 17.4 Å². The van der Waals surface area contributed by atoms with E-state index >= 15 is 0 Å². The molecule has 0 radical (unpaired) electrons. The van der Waals surface area contributed by atoms with Crippen molar-refractivity contribution in [3.05, 3.63) is 23.8 Å². The standard InChI is InChI=1S/C10H11F2NS/c1-10(2)5-13-9-7(12)3-6(11)4-8(9)14-10/h3-4,13H,5H2,1-2H3. The van der Waals surface area contributed by atoms with Gasteiger partial charge in [0.15, 0.2) is 0 Å². The molecule has 0 bridgehead atoms.